The van der Waals surface area contributed by atoms with E-state index in [4.69, 9.17) is 0 Å². The highest BCUT2D eigenvalue weighted by Crippen LogP contribution is 2.57. The van der Waals surface area contributed by atoms with E-state index < -0.39 is 5.41 Å². The summed E-state index contributed by atoms with van der Waals surface area (Å²) in [4.78, 5) is 0. The summed E-state index contributed by atoms with van der Waals surface area (Å²) in [6, 6.07) is 8.06. The van der Waals surface area contributed by atoms with Gasteiger partial charge in [0.15, 0.2) is 23.0 Å². The van der Waals surface area contributed by atoms with E-state index in [-0.39, 0.29) is 28.4 Å². The summed E-state index contributed by atoms with van der Waals surface area (Å²) in [5.74, 6) is -0.626. The third-order valence-electron chi connectivity index (χ3n) is 4.85. The minimum Gasteiger partial charge on any atom is -0.504 e. The van der Waals surface area contributed by atoms with Crippen LogP contribution in [0.4, 0.5) is 0 Å². The van der Waals surface area contributed by atoms with Crippen molar-refractivity contribution in [1.82, 2.24) is 0 Å². The zero-order chi connectivity index (χ0) is 16.3. The van der Waals surface area contributed by atoms with Gasteiger partial charge in [-0.1, -0.05) is 32.9 Å². The first-order valence-corrected chi connectivity index (χ1v) is 7.25. The first-order valence-electron chi connectivity index (χ1n) is 7.25. The number of phenols is 4. The molecule has 1 aliphatic rings. The lowest BCUT2D eigenvalue weighted by Gasteiger charge is -2.29. The molecule has 0 fully saturated rings. The second-order valence-electron chi connectivity index (χ2n) is 6.95. The van der Waals surface area contributed by atoms with E-state index in [1.54, 1.807) is 6.07 Å². The highest BCUT2D eigenvalue weighted by molar-refractivity contribution is 5.62. The lowest BCUT2D eigenvalue weighted by Crippen LogP contribution is -2.23. The molecule has 0 saturated heterocycles. The molecule has 4 heteroatoms. The molecule has 4 nitrogen and oxygen atoms in total. The van der Waals surface area contributed by atoms with E-state index >= 15 is 0 Å². The summed E-state index contributed by atoms with van der Waals surface area (Å²) < 4.78 is 0. The maximum Gasteiger partial charge on any atom is 0.161 e. The van der Waals surface area contributed by atoms with Gasteiger partial charge in [-0.05, 0) is 41.2 Å². The fourth-order valence-corrected chi connectivity index (χ4v) is 3.88. The molecule has 2 aromatic carbocycles. The molecule has 22 heavy (non-hydrogen) atoms. The van der Waals surface area contributed by atoms with Gasteiger partial charge in [0.2, 0.25) is 0 Å². The molecule has 4 N–H and O–H groups in total. The monoisotopic (exact) mass is 300 g/mol. The first-order chi connectivity index (χ1) is 10.2. The molecule has 0 aromatic heterocycles. The molecule has 3 rings (SSSR count). The molecule has 0 heterocycles. The van der Waals surface area contributed by atoms with Crippen LogP contribution in [0.3, 0.4) is 0 Å². The van der Waals surface area contributed by atoms with Crippen LogP contribution in [0.2, 0.25) is 0 Å². The van der Waals surface area contributed by atoms with Crippen LogP contribution in [0.15, 0.2) is 30.3 Å². The first kappa shape index (κ1) is 14.6. The SMILES string of the molecule is CC1(C)CC(C)(c2ccc(O)c(O)c2)c2c1ccc(O)c2O. The Kier molecular flexibility index (Phi) is 2.86. The maximum atomic E-state index is 10.4. The Hall–Kier alpha value is -2.36. The molecule has 0 aliphatic heterocycles. The predicted octanol–water partition coefficient (Wildman–Crippen LogP) is 3.50. The van der Waals surface area contributed by atoms with E-state index in [1.807, 2.05) is 13.0 Å². The average Bonchev–Trinajstić information content (AvgIpc) is 2.65. The van der Waals surface area contributed by atoms with Crippen molar-refractivity contribution in [1.29, 1.82) is 0 Å². The second kappa shape index (κ2) is 4.32. The van der Waals surface area contributed by atoms with Gasteiger partial charge < -0.3 is 20.4 Å². The van der Waals surface area contributed by atoms with Crippen molar-refractivity contribution < 1.29 is 20.4 Å². The van der Waals surface area contributed by atoms with Crippen LogP contribution in [-0.4, -0.2) is 20.4 Å². The van der Waals surface area contributed by atoms with Crippen molar-refractivity contribution in [3.05, 3.63) is 47.0 Å². The van der Waals surface area contributed by atoms with Crippen LogP contribution in [0.5, 0.6) is 23.0 Å². The summed E-state index contributed by atoms with van der Waals surface area (Å²) in [5, 5.41) is 39.6. The minimum atomic E-state index is -0.563. The number of rotatable bonds is 1. The second-order valence-corrected chi connectivity index (χ2v) is 6.95. The van der Waals surface area contributed by atoms with Crippen LogP contribution < -0.4 is 0 Å². The maximum absolute atomic E-state index is 10.4. The highest BCUT2D eigenvalue weighted by atomic mass is 16.3. The van der Waals surface area contributed by atoms with Gasteiger partial charge in [0.25, 0.3) is 0 Å². The van der Waals surface area contributed by atoms with E-state index in [0.717, 1.165) is 17.5 Å². The third kappa shape index (κ3) is 1.83. The molecule has 0 saturated carbocycles. The summed E-state index contributed by atoms with van der Waals surface area (Å²) in [6.45, 7) is 6.16. The summed E-state index contributed by atoms with van der Waals surface area (Å²) >= 11 is 0. The molecular formula is C18H20O4. The number of aromatic hydroxyl groups is 4. The number of fused-ring (bicyclic) bond motifs is 1. The Morgan fingerprint density at radius 2 is 1.45 bits per heavy atom. The molecule has 0 amide bonds. The molecular weight excluding hydrogens is 280 g/mol. The van der Waals surface area contributed by atoms with Crippen molar-refractivity contribution in [2.75, 3.05) is 0 Å². The van der Waals surface area contributed by atoms with Crippen molar-refractivity contribution in [2.45, 2.75) is 38.0 Å². The molecule has 0 spiro atoms. The van der Waals surface area contributed by atoms with E-state index in [9.17, 15) is 20.4 Å². The lowest BCUT2D eigenvalue weighted by molar-refractivity contribution is 0.382. The van der Waals surface area contributed by atoms with Crippen molar-refractivity contribution in [2.24, 2.45) is 0 Å². The lowest BCUT2D eigenvalue weighted by atomic mass is 9.74. The minimum absolute atomic E-state index is 0.113. The Morgan fingerprint density at radius 1 is 0.818 bits per heavy atom. The Balaban J connectivity index is 2.29. The summed E-state index contributed by atoms with van der Waals surface area (Å²) in [5.41, 5.74) is 1.71. The molecule has 1 atom stereocenters. The predicted molar refractivity (Wildman–Crippen MR) is 83.6 cm³/mol. The zero-order valence-electron chi connectivity index (χ0n) is 12.9. The summed E-state index contributed by atoms with van der Waals surface area (Å²) in [7, 11) is 0. The molecule has 116 valence electrons. The standard InChI is InChI=1S/C18H20O4/c1-17(2)9-18(3,10-4-6-12(19)14(21)8-10)15-11(17)5-7-13(20)16(15)22/h4-8,19-22H,9H2,1-3H3. The fourth-order valence-electron chi connectivity index (χ4n) is 3.88. The van der Waals surface area contributed by atoms with Crippen LogP contribution in [0.25, 0.3) is 0 Å². The molecule has 0 bridgehead atoms. The average molecular weight is 300 g/mol. The fraction of sp³-hybridized carbons (Fsp3) is 0.333. The number of hydrogen-bond acceptors (Lipinski definition) is 4. The van der Waals surface area contributed by atoms with E-state index in [1.165, 1.54) is 18.2 Å². The molecule has 0 radical (unpaired) electrons. The number of hydrogen-bond donors (Lipinski definition) is 4. The topological polar surface area (TPSA) is 80.9 Å². The zero-order valence-corrected chi connectivity index (χ0v) is 12.9. The van der Waals surface area contributed by atoms with Gasteiger partial charge in [-0.3, -0.25) is 0 Å². The van der Waals surface area contributed by atoms with Gasteiger partial charge in [-0.2, -0.15) is 0 Å². The molecule has 2 aromatic rings. The van der Waals surface area contributed by atoms with Gasteiger partial charge in [0.05, 0.1) is 0 Å². The van der Waals surface area contributed by atoms with Crippen molar-refractivity contribution >= 4 is 0 Å². The van der Waals surface area contributed by atoms with Gasteiger partial charge in [0, 0.05) is 11.0 Å². The van der Waals surface area contributed by atoms with Crippen LogP contribution in [0.1, 0.15) is 43.9 Å². The van der Waals surface area contributed by atoms with Gasteiger partial charge in [-0.25, -0.2) is 0 Å². The Morgan fingerprint density at radius 3 is 2.09 bits per heavy atom. The van der Waals surface area contributed by atoms with Gasteiger partial charge in [0.1, 0.15) is 0 Å². The summed E-state index contributed by atoms with van der Waals surface area (Å²) in [6.07, 6.45) is 0.719. The van der Waals surface area contributed by atoms with Gasteiger partial charge >= 0.3 is 0 Å². The van der Waals surface area contributed by atoms with Crippen LogP contribution >= 0.6 is 0 Å². The van der Waals surface area contributed by atoms with Crippen molar-refractivity contribution in [3.63, 3.8) is 0 Å². The van der Waals surface area contributed by atoms with Crippen LogP contribution in [-0.2, 0) is 10.8 Å². The Labute approximate surface area is 129 Å². The van der Waals surface area contributed by atoms with E-state index in [0.29, 0.717) is 5.56 Å². The highest BCUT2D eigenvalue weighted by Gasteiger charge is 2.48. The third-order valence-corrected chi connectivity index (χ3v) is 4.85. The molecule has 1 unspecified atom stereocenters. The Bertz CT molecular complexity index is 764. The normalized spacial score (nSPS) is 22.5. The van der Waals surface area contributed by atoms with E-state index in [2.05, 4.69) is 13.8 Å². The van der Waals surface area contributed by atoms with Gasteiger partial charge in [-0.15, -0.1) is 0 Å². The molecule has 1 aliphatic carbocycles. The largest absolute Gasteiger partial charge is 0.504 e. The number of benzene rings is 2. The van der Waals surface area contributed by atoms with Crippen molar-refractivity contribution in [3.8, 4) is 23.0 Å². The smallest absolute Gasteiger partial charge is 0.161 e. The number of phenolic OH excluding ortho intramolecular Hbond substituents is 4. The quantitative estimate of drug-likeness (QED) is 0.608. The van der Waals surface area contributed by atoms with Crippen LogP contribution in [0, 0.1) is 0 Å².